The van der Waals surface area contributed by atoms with E-state index < -0.39 is 0 Å². The molecule has 0 aliphatic carbocycles. The van der Waals surface area contributed by atoms with Gasteiger partial charge in [-0.25, -0.2) is 4.68 Å². The van der Waals surface area contributed by atoms with E-state index in [4.69, 9.17) is 0 Å². The van der Waals surface area contributed by atoms with Gasteiger partial charge in [0.2, 0.25) is 0 Å². The second kappa shape index (κ2) is 5.93. The van der Waals surface area contributed by atoms with Crippen LogP contribution >= 0.6 is 0 Å². The first kappa shape index (κ1) is 14.8. The molecular weight excluding hydrogens is 278 g/mol. The standard InChI is InChI=1S/C17H21N3O2/c1-12-16(11-20(18-12)15-6-4-3-5-7-15)17(22)19-9-8-14(10-19)13(2)21/h3-7,11,13-14,21H,8-10H2,1-2H3. The number of rotatable bonds is 3. The van der Waals surface area contributed by atoms with E-state index in [1.54, 1.807) is 17.8 Å². The summed E-state index contributed by atoms with van der Waals surface area (Å²) in [6, 6.07) is 9.76. The van der Waals surface area contributed by atoms with Gasteiger partial charge in [-0.15, -0.1) is 0 Å². The van der Waals surface area contributed by atoms with Crippen LogP contribution in [0.5, 0.6) is 0 Å². The third kappa shape index (κ3) is 2.76. The molecule has 1 fully saturated rings. The number of carbonyl (C=O) groups is 1. The number of hydrogen-bond acceptors (Lipinski definition) is 3. The van der Waals surface area contributed by atoms with Crippen LogP contribution in [-0.2, 0) is 0 Å². The SMILES string of the molecule is Cc1nn(-c2ccccc2)cc1C(=O)N1CCC(C(C)O)C1. The molecule has 1 N–H and O–H groups in total. The van der Waals surface area contributed by atoms with Crippen molar-refractivity contribution in [3.8, 4) is 5.69 Å². The fraction of sp³-hybridized carbons (Fsp3) is 0.412. The number of aliphatic hydroxyl groups is 1. The Morgan fingerprint density at radius 2 is 2.09 bits per heavy atom. The Morgan fingerprint density at radius 1 is 1.36 bits per heavy atom. The van der Waals surface area contributed by atoms with Crippen LogP contribution in [0.3, 0.4) is 0 Å². The highest BCUT2D eigenvalue weighted by atomic mass is 16.3. The van der Waals surface area contributed by atoms with Gasteiger partial charge in [-0.2, -0.15) is 5.10 Å². The van der Waals surface area contributed by atoms with Gasteiger partial charge in [0.05, 0.1) is 23.0 Å². The molecule has 0 saturated carbocycles. The van der Waals surface area contributed by atoms with Crippen LogP contribution in [0.15, 0.2) is 36.5 Å². The van der Waals surface area contributed by atoms with E-state index in [1.165, 1.54) is 0 Å². The summed E-state index contributed by atoms with van der Waals surface area (Å²) in [4.78, 5) is 14.5. The average molecular weight is 299 g/mol. The molecule has 0 radical (unpaired) electrons. The Labute approximate surface area is 130 Å². The summed E-state index contributed by atoms with van der Waals surface area (Å²) in [5, 5.41) is 14.1. The number of aryl methyl sites for hydroxylation is 1. The molecule has 2 unspecified atom stereocenters. The Balaban J connectivity index is 1.81. The highest BCUT2D eigenvalue weighted by molar-refractivity contribution is 5.95. The van der Waals surface area contributed by atoms with E-state index in [2.05, 4.69) is 5.10 Å². The molecule has 1 aliphatic rings. The summed E-state index contributed by atoms with van der Waals surface area (Å²) in [7, 11) is 0. The fourth-order valence-electron chi connectivity index (χ4n) is 2.92. The van der Waals surface area contributed by atoms with Gasteiger partial charge in [0.1, 0.15) is 0 Å². The molecule has 1 aromatic carbocycles. The lowest BCUT2D eigenvalue weighted by molar-refractivity contribution is 0.0762. The van der Waals surface area contributed by atoms with Crippen molar-refractivity contribution in [2.45, 2.75) is 26.4 Å². The number of carbonyl (C=O) groups excluding carboxylic acids is 1. The number of benzene rings is 1. The van der Waals surface area contributed by atoms with Gasteiger partial charge in [0.25, 0.3) is 5.91 Å². The van der Waals surface area contributed by atoms with E-state index >= 15 is 0 Å². The third-order valence-electron chi connectivity index (χ3n) is 4.34. The number of para-hydroxylation sites is 1. The van der Waals surface area contributed by atoms with Crippen molar-refractivity contribution in [2.24, 2.45) is 5.92 Å². The van der Waals surface area contributed by atoms with Crippen molar-refractivity contribution >= 4 is 5.91 Å². The zero-order valence-corrected chi connectivity index (χ0v) is 12.9. The van der Waals surface area contributed by atoms with Crippen LogP contribution in [0, 0.1) is 12.8 Å². The predicted octanol–water partition coefficient (Wildman–Crippen LogP) is 2.02. The largest absolute Gasteiger partial charge is 0.393 e. The number of amides is 1. The first-order valence-corrected chi connectivity index (χ1v) is 7.65. The molecule has 1 aromatic heterocycles. The molecule has 1 saturated heterocycles. The van der Waals surface area contributed by atoms with Gasteiger partial charge in [-0.05, 0) is 32.4 Å². The Kier molecular flexibility index (Phi) is 3.98. The number of aromatic nitrogens is 2. The highest BCUT2D eigenvalue weighted by Crippen LogP contribution is 2.22. The van der Waals surface area contributed by atoms with E-state index in [-0.39, 0.29) is 17.9 Å². The van der Waals surface area contributed by atoms with E-state index in [0.29, 0.717) is 18.7 Å². The van der Waals surface area contributed by atoms with Crippen LogP contribution in [0.1, 0.15) is 29.4 Å². The van der Waals surface area contributed by atoms with Gasteiger partial charge in [-0.1, -0.05) is 18.2 Å². The normalized spacial score (nSPS) is 19.4. The minimum atomic E-state index is -0.370. The van der Waals surface area contributed by atoms with Gasteiger partial charge < -0.3 is 10.0 Å². The quantitative estimate of drug-likeness (QED) is 0.943. The molecule has 1 amide bonds. The Morgan fingerprint density at radius 3 is 2.73 bits per heavy atom. The number of likely N-dealkylation sites (tertiary alicyclic amines) is 1. The van der Waals surface area contributed by atoms with Crippen LogP contribution in [0.2, 0.25) is 0 Å². The van der Waals surface area contributed by atoms with Gasteiger partial charge >= 0.3 is 0 Å². The van der Waals surface area contributed by atoms with Crippen molar-refractivity contribution in [2.75, 3.05) is 13.1 Å². The smallest absolute Gasteiger partial charge is 0.257 e. The minimum Gasteiger partial charge on any atom is -0.393 e. The highest BCUT2D eigenvalue weighted by Gasteiger charge is 2.30. The lowest BCUT2D eigenvalue weighted by Gasteiger charge is -2.17. The first-order chi connectivity index (χ1) is 10.6. The Bertz CT molecular complexity index is 664. The lowest BCUT2D eigenvalue weighted by Crippen LogP contribution is -2.30. The second-order valence-electron chi connectivity index (χ2n) is 5.95. The monoisotopic (exact) mass is 299 g/mol. The number of nitrogens with zero attached hydrogens (tertiary/aromatic N) is 3. The summed E-state index contributed by atoms with van der Waals surface area (Å²) >= 11 is 0. The summed E-state index contributed by atoms with van der Waals surface area (Å²) in [5.74, 6) is 0.177. The maximum atomic E-state index is 12.7. The third-order valence-corrected chi connectivity index (χ3v) is 4.34. The average Bonchev–Trinajstić information content (AvgIpc) is 3.14. The topological polar surface area (TPSA) is 58.4 Å². The molecule has 3 rings (SSSR count). The first-order valence-electron chi connectivity index (χ1n) is 7.65. The maximum absolute atomic E-state index is 12.7. The predicted molar refractivity (Wildman–Crippen MR) is 84.0 cm³/mol. The van der Waals surface area contributed by atoms with Crippen LogP contribution in [0.25, 0.3) is 5.69 Å². The Hall–Kier alpha value is -2.14. The molecule has 116 valence electrons. The van der Waals surface area contributed by atoms with Crippen molar-refractivity contribution < 1.29 is 9.90 Å². The molecular formula is C17H21N3O2. The van der Waals surface area contributed by atoms with Crippen molar-refractivity contribution in [1.29, 1.82) is 0 Å². The fourth-order valence-corrected chi connectivity index (χ4v) is 2.92. The van der Waals surface area contributed by atoms with Gasteiger partial charge in [0.15, 0.2) is 0 Å². The zero-order valence-electron chi connectivity index (χ0n) is 12.9. The van der Waals surface area contributed by atoms with Crippen LogP contribution in [0.4, 0.5) is 0 Å². The van der Waals surface area contributed by atoms with Crippen LogP contribution < -0.4 is 0 Å². The lowest BCUT2D eigenvalue weighted by atomic mass is 10.0. The van der Waals surface area contributed by atoms with Gasteiger partial charge in [0, 0.05) is 25.2 Å². The molecule has 0 spiro atoms. The summed E-state index contributed by atoms with van der Waals surface area (Å²) in [6.45, 7) is 4.96. The van der Waals surface area contributed by atoms with Gasteiger partial charge in [-0.3, -0.25) is 4.79 Å². The molecule has 2 atom stereocenters. The zero-order chi connectivity index (χ0) is 15.7. The number of aliphatic hydroxyl groups excluding tert-OH is 1. The van der Waals surface area contributed by atoms with Crippen molar-refractivity contribution in [3.63, 3.8) is 0 Å². The van der Waals surface area contributed by atoms with E-state index in [0.717, 1.165) is 17.8 Å². The van der Waals surface area contributed by atoms with E-state index in [1.807, 2.05) is 42.2 Å². The molecule has 22 heavy (non-hydrogen) atoms. The van der Waals surface area contributed by atoms with Crippen LogP contribution in [-0.4, -0.2) is 44.9 Å². The summed E-state index contributed by atoms with van der Waals surface area (Å²) < 4.78 is 1.74. The van der Waals surface area contributed by atoms with E-state index in [9.17, 15) is 9.90 Å². The molecule has 2 heterocycles. The number of hydrogen-bond donors (Lipinski definition) is 1. The molecule has 5 heteroatoms. The van der Waals surface area contributed by atoms with Crippen molar-refractivity contribution in [1.82, 2.24) is 14.7 Å². The molecule has 0 bridgehead atoms. The molecule has 1 aliphatic heterocycles. The summed E-state index contributed by atoms with van der Waals surface area (Å²) in [6.07, 6.45) is 2.28. The minimum absolute atomic E-state index is 0.00262. The molecule has 5 nitrogen and oxygen atoms in total. The maximum Gasteiger partial charge on any atom is 0.257 e. The second-order valence-corrected chi connectivity index (χ2v) is 5.95. The van der Waals surface area contributed by atoms with Crippen molar-refractivity contribution in [3.05, 3.63) is 47.8 Å². The summed E-state index contributed by atoms with van der Waals surface area (Å²) in [5.41, 5.74) is 2.30. The molecule has 2 aromatic rings.